The fourth-order valence-corrected chi connectivity index (χ4v) is 2.89. The number of anilines is 1. The predicted molar refractivity (Wildman–Crippen MR) is 104 cm³/mol. The molecule has 26 heavy (non-hydrogen) atoms. The third-order valence-electron chi connectivity index (χ3n) is 4.56. The average Bonchev–Trinajstić information content (AvgIpc) is 3.09. The van der Waals surface area contributed by atoms with E-state index >= 15 is 0 Å². The Hall–Kier alpha value is -3.40. The number of aromatic nitrogens is 2. The summed E-state index contributed by atoms with van der Waals surface area (Å²) in [6.45, 7) is 4.09. The Morgan fingerprint density at radius 3 is 2.54 bits per heavy atom. The molecule has 1 N–H and O–H groups in total. The summed E-state index contributed by atoms with van der Waals surface area (Å²) in [7, 11) is 0. The zero-order valence-corrected chi connectivity index (χ0v) is 14.7. The highest BCUT2D eigenvalue weighted by molar-refractivity contribution is 6.04. The van der Waals surface area contributed by atoms with Crippen LogP contribution in [0.25, 0.3) is 16.9 Å². The van der Waals surface area contributed by atoms with Crippen molar-refractivity contribution in [1.82, 2.24) is 9.38 Å². The minimum Gasteiger partial charge on any atom is -0.322 e. The lowest BCUT2D eigenvalue weighted by molar-refractivity contribution is 0.102. The van der Waals surface area contributed by atoms with Gasteiger partial charge in [-0.05, 0) is 49.2 Å². The molecule has 2 heterocycles. The number of amides is 1. The number of imidazole rings is 1. The van der Waals surface area contributed by atoms with E-state index in [2.05, 4.69) is 17.2 Å². The van der Waals surface area contributed by atoms with Crippen molar-refractivity contribution in [3.63, 3.8) is 0 Å². The summed E-state index contributed by atoms with van der Waals surface area (Å²) in [5, 5.41) is 2.95. The maximum absolute atomic E-state index is 12.6. The van der Waals surface area contributed by atoms with E-state index in [0.29, 0.717) is 5.56 Å². The molecule has 4 nitrogen and oxygen atoms in total. The van der Waals surface area contributed by atoms with Crippen LogP contribution in [0, 0.1) is 13.8 Å². The second-order valence-corrected chi connectivity index (χ2v) is 6.43. The Bertz CT molecular complexity index is 1100. The van der Waals surface area contributed by atoms with Crippen LogP contribution >= 0.6 is 0 Å². The number of pyridine rings is 1. The van der Waals surface area contributed by atoms with Crippen LogP contribution < -0.4 is 5.32 Å². The minimum atomic E-state index is -0.139. The summed E-state index contributed by atoms with van der Waals surface area (Å²) in [6, 6.07) is 19.5. The summed E-state index contributed by atoms with van der Waals surface area (Å²) in [6.07, 6.45) is 3.83. The van der Waals surface area contributed by atoms with Gasteiger partial charge in [-0.1, -0.05) is 36.4 Å². The van der Waals surface area contributed by atoms with Crippen LogP contribution in [0.15, 0.2) is 73.1 Å². The van der Waals surface area contributed by atoms with E-state index < -0.39 is 0 Å². The molecule has 2 aromatic carbocycles. The van der Waals surface area contributed by atoms with Crippen molar-refractivity contribution in [2.75, 3.05) is 5.32 Å². The van der Waals surface area contributed by atoms with Crippen molar-refractivity contribution < 1.29 is 4.79 Å². The smallest absolute Gasteiger partial charge is 0.255 e. The highest BCUT2D eigenvalue weighted by Gasteiger charge is 2.10. The summed E-state index contributed by atoms with van der Waals surface area (Å²) in [5.74, 6) is -0.139. The van der Waals surface area contributed by atoms with Gasteiger partial charge in [0.15, 0.2) is 0 Å². The van der Waals surface area contributed by atoms with E-state index in [-0.39, 0.29) is 5.91 Å². The van der Waals surface area contributed by atoms with Crippen molar-refractivity contribution in [1.29, 1.82) is 0 Å². The Morgan fingerprint density at radius 2 is 1.77 bits per heavy atom. The number of nitrogens with one attached hydrogen (secondary N) is 1. The average molecular weight is 341 g/mol. The van der Waals surface area contributed by atoms with Gasteiger partial charge in [-0.15, -0.1) is 0 Å². The molecule has 0 radical (unpaired) electrons. The molecule has 0 bridgehead atoms. The van der Waals surface area contributed by atoms with E-state index in [1.54, 1.807) is 6.07 Å². The largest absolute Gasteiger partial charge is 0.322 e. The van der Waals surface area contributed by atoms with Crippen LogP contribution in [0.1, 0.15) is 21.5 Å². The second kappa shape index (κ2) is 6.48. The molecule has 0 fully saturated rings. The van der Waals surface area contributed by atoms with E-state index in [0.717, 1.165) is 28.2 Å². The van der Waals surface area contributed by atoms with E-state index in [1.165, 1.54) is 5.56 Å². The first-order chi connectivity index (χ1) is 12.6. The maximum Gasteiger partial charge on any atom is 0.255 e. The first-order valence-electron chi connectivity index (χ1n) is 8.53. The van der Waals surface area contributed by atoms with Crippen molar-refractivity contribution >= 4 is 17.2 Å². The molecule has 1 amide bonds. The lowest BCUT2D eigenvalue weighted by Crippen LogP contribution is -2.12. The number of carbonyl (C=O) groups excluding carboxylic acids is 1. The van der Waals surface area contributed by atoms with Gasteiger partial charge in [-0.2, -0.15) is 0 Å². The number of benzene rings is 2. The normalized spacial score (nSPS) is 10.8. The summed E-state index contributed by atoms with van der Waals surface area (Å²) in [4.78, 5) is 17.2. The van der Waals surface area contributed by atoms with E-state index in [9.17, 15) is 4.79 Å². The lowest BCUT2D eigenvalue weighted by Gasteiger charge is -2.08. The molecule has 0 aliphatic carbocycles. The topological polar surface area (TPSA) is 46.4 Å². The fourth-order valence-electron chi connectivity index (χ4n) is 2.89. The van der Waals surface area contributed by atoms with Gasteiger partial charge in [0, 0.05) is 29.2 Å². The van der Waals surface area contributed by atoms with Crippen LogP contribution in [0.4, 0.5) is 5.69 Å². The third kappa shape index (κ3) is 3.09. The highest BCUT2D eigenvalue weighted by Crippen LogP contribution is 2.20. The molecule has 0 aliphatic rings. The van der Waals surface area contributed by atoms with Crippen LogP contribution in [0.3, 0.4) is 0 Å². The molecule has 0 atom stereocenters. The van der Waals surface area contributed by atoms with Crippen molar-refractivity contribution in [2.45, 2.75) is 13.8 Å². The Balaban J connectivity index is 1.62. The summed E-state index contributed by atoms with van der Waals surface area (Å²) < 4.78 is 1.93. The lowest BCUT2D eigenvalue weighted by atomic mass is 10.1. The van der Waals surface area contributed by atoms with E-state index in [4.69, 9.17) is 0 Å². The quantitative estimate of drug-likeness (QED) is 0.578. The van der Waals surface area contributed by atoms with Crippen LogP contribution in [-0.2, 0) is 0 Å². The molecule has 4 heteroatoms. The van der Waals surface area contributed by atoms with Gasteiger partial charge in [0.25, 0.3) is 5.91 Å². The molecule has 0 saturated heterocycles. The SMILES string of the molecule is Cc1ccc(NC(=O)c2ccn3cc(-c4ccccc4)nc3c2)cc1C. The molecule has 0 aliphatic heterocycles. The van der Waals surface area contributed by atoms with Gasteiger partial charge in [0.2, 0.25) is 0 Å². The maximum atomic E-state index is 12.6. The number of fused-ring (bicyclic) bond motifs is 1. The van der Waals surface area contributed by atoms with Crippen LogP contribution in [0.5, 0.6) is 0 Å². The molecule has 0 unspecified atom stereocenters. The highest BCUT2D eigenvalue weighted by atomic mass is 16.1. The molecule has 4 rings (SSSR count). The zero-order chi connectivity index (χ0) is 18.1. The minimum absolute atomic E-state index is 0.139. The fraction of sp³-hybridized carbons (Fsp3) is 0.0909. The Labute approximate surface area is 152 Å². The summed E-state index contributed by atoms with van der Waals surface area (Å²) >= 11 is 0. The number of hydrogen-bond acceptors (Lipinski definition) is 2. The number of carbonyl (C=O) groups is 1. The van der Waals surface area contributed by atoms with Crippen LogP contribution in [0.2, 0.25) is 0 Å². The Morgan fingerprint density at radius 1 is 0.962 bits per heavy atom. The predicted octanol–water partition coefficient (Wildman–Crippen LogP) is 4.87. The molecule has 4 aromatic rings. The van der Waals surface area contributed by atoms with Crippen molar-refractivity contribution in [3.8, 4) is 11.3 Å². The third-order valence-corrected chi connectivity index (χ3v) is 4.56. The number of nitrogens with zero attached hydrogens (tertiary/aromatic N) is 2. The first-order valence-corrected chi connectivity index (χ1v) is 8.53. The molecule has 2 aromatic heterocycles. The van der Waals surface area contributed by atoms with Crippen molar-refractivity contribution in [2.24, 2.45) is 0 Å². The van der Waals surface area contributed by atoms with Crippen LogP contribution in [-0.4, -0.2) is 15.3 Å². The van der Waals surface area contributed by atoms with Gasteiger partial charge in [0.1, 0.15) is 5.65 Å². The van der Waals surface area contributed by atoms with Gasteiger partial charge < -0.3 is 9.72 Å². The zero-order valence-electron chi connectivity index (χ0n) is 14.7. The van der Waals surface area contributed by atoms with Gasteiger partial charge in [0.05, 0.1) is 5.69 Å². The number of aryl methyl sites for hydroxylation is 2. The Kier molecular flexibility index (Phi) is 4.01. The van der Waals surface area contributed by atoms with Crippen molar-refractivity contribution in [3.05, 3.63) is 89.7 Å². The number of rotatable bonds is 3. The molecule has 0 spiro atoms. The molecular formula is C22H19N3O. The van der Waals surface area contributed by atoms with Gasteiger partial charge in [-0.25, -0.2) is 4.98 Å². The second-order valence-electron chi connectivity index (χ2n) is 6.43. The standard InChI is InChI=1S/C22H19N3O/c1-15-8-9-19(12-16(15)2)23-22(26)18-10-11-25-14-20(24-21(25)13-18)17-6-4-3-5-7-17/h3-14H,1-2H3,(H,23,26). The molecule has 0 saturated carbocycles. The monoisotopic (exact) mass is 341 g/mol. The van der Waals surface area contributed by atoms with Gasteiger partial charge >= 0.3 is 0 Å². The molecule has 128 valence electrons. The summed E-state index contributed by atoms with van der Waals surface area (Å²) in [5.41, 5.74) is 6.42. The van der Waals surface area contributed by atoms with Gasteiger partial charge in [-0.3, -0.25) is 4.79 Å². The molecular weight excluding hydrogens is 322 g/mol. The number of hydrogen-bond donors (Lipinski definition) is 1. The first kappa shape index (κ1) is 16.1. The van der Waals surface area contributed by atoms with E-state index in [1.807, 2.05) is 78.3 Å².